The summed E-state index contributed by atoms with van der Waals surface area (Å²) in [7, 11) is 3.29. The third-order valence-electron chi connectivity index (χ3n) is 8.35. The molecule has 4 bridgehead atoms. The molecular weight excluding hydrogens is 563 g/mol. The van der Waals surface area contributed by atoms with Crippen molar-refractivity contribution < 1.29 is 19.0 Å². The second-order valence-electron chi connectivity index (χ2n) is 12.5. The molecule has 4 unspecified atom stereocenters. The zero-order valence-electron chi connectivity index (χ0n) is 24.7. The van der Waals surface area contributed by atoms with E-state index in [2.05, 4.69) is 21.2 Å². The molecule has 2 aromatic rings. The van der Waals surface area contributed by atoms with E-state index < -0.39 is 5.60 Å². The fourth-order valence-electron chi connectivity index (χ4n) is 6.40. The van der Waals surface area contributed by atoms with Crippen LogP contribution in [0.2, 0.25) is 10.0 Å². The molecule has 10 heteroatoms. The van der Waals surface area contributed by atoms with Gasteiger partial charge in [0.25, 0.3) is 0 Å². The summed E-state index contributed by atoms with van der Waals surface area (Å²) >= 11 is 12.1. The summed E-state index contributed by atoms with van der Waals surface area (Å²) in [6.07, 6.45) is 2.12. The van der Waals surface area contributed by atoms with Crippen molar-refractivity contribution in [2.24, 2.45) is 0 Å². The monoisotopic (exact) mass is 604 g/mol. The number of methoxy groups -OCH3 is 2. The van der Waals surface area contributed by atoms with E-state index in [0.29, 0.717) is 33.9 Å². The SMILES string of the molecule is COc1cc(CN2CC3CC2CN3)ccc1Cl.COc1cc(CN2CC3CC2CN3C(=O)OC(C)(C)C)ccc1Cl. The predicted octanol–water partition coefficient (Wildman–Crippen LogP) is 5.44. The number of ether oxygens (including phenoxy) is 3. The Bertz CT molecular complexity index is 1240. The second-order valence-corrected chi connectivity index (χ2v) is 13.3. The smallest absolute Gasteiger partial charge is 0.410 e. The maximum atomic E-state index is 12.3. The lowest BCUT2D eigenvalue weighted by atomic mass is 10.2. The molecule has 4 heterocycles. The fourth-order valence-corrected chi connectivity index (χ4v) is 6.79. The van der Waals surface area contributed by atoms with Crippen LogP contribution in [0.5, 0.6) is 11.5 Å². The second kappa shape index (κ2) is 12.6. The van der Waals surface area contributed by atoms with Gasteiger partial charge in [0.05, 0.1) is 24.3 Å². The van der Waals surface area contributed by atoms with Crippen molar-refractivity contribution in [2.45, 2.75) is 76.5 Å². The van der Waals surface area contributed by atoms with Crippen molar-refractivity contribution in [3.05, 3.63) is 57.6 Å². The number of amides is 1. The van der Waals surface area contributed by atoms with Crippen LogP contribution in [0.15, 0.2) is 36.4 Å². The first-order valence-corrected chi connectivity index (χ1v) is 15.1. The van der Waals surface area contributed by atoms with Crippen molar-refractivity contribution in [3.63, 3.8) is 0 Å². The summed E-state index contributed by atoms with van der Waals surface area (Å²) in [4.78, 5) is 19.1. The van der Waals surface area contributed by atoms with Crippen LogP contribution in [-0.4, -0.2) is 91.0 Å². The third-order valence-corrected chi connectivity index (χ3v) is 8.98. The molecule has 4 aliphatic heterocycles. The first-order valence-electron chi connectivity index (χ1n) is 14.4. The highest BCUT2D eigenvalue weighted by Crippen LogP contribution is 2.34. The van der Waals surface area contributed by atoms with Gasteiger partial charge in [-0.3, -0.25) is 9.80 Å². The summed E-state index contributed by atoms with van der Waals surface area (Å²) in [5.41, 5.74) is 2.00. The highest BCUT2D eigenvalue weighted by Gasteiger charge is 2.46. The Morgan fingerprint density at radius 2 is 1.44 bits per heavy atom. The molecule has 0 aromatic heterocycles. The van der Waals surface area contributed by atoms with E-state index in [1.807, 2.05) is 56.0 Å². The van der Waals surface area contributed by atoms with E-state index in [1.54, 1.807) is 14.2 Å². The molecule has 0 aliphatic carbocycles. The minimum absolute atomic E-state index is 0.192. The molecule has 224 valence electrons. The Morgan fingerprint density at radius 3 is 1.88 bits per heavy atom. The van der Waals surface area contributed by atoms with Crippen LogP contribution in [-0.2, 0) is 17.8 Å². The number of halogens is 2. The van der Waals surface area contributed by atoms with Crippen LogP contribution < -0.4 is 14.8 Å². The summed E-state index contributed by atoms with van der Waals surface area (Å²) in [6.45, 7) is 11.5. The molecular formula is C31H42Cl2N4O4. The van der Waals surface area contributed by atoms with E-state index >= 15 is 0 Å². The molecule has 4 fully saturated rings. The molecule has 0 spiro atoms. The molecule has 2 aromatic carbocycles. The average molecular weight is 606 g/mol. The maximum Gasteiger partial charge on any atom is 0.410 e. The van der Waals surface area contributed by atoms with Gasteiger partial charge in [0.1, 0.15) is 17.1 Å². The number of fused-ring (bicyclic) bond motifs is 4. The van der Waals surface area contributed by atoms with Crippen molar-refractivity contribution in [1.29, 1.82) is 0 Å². The normalized spacial score (nSPS) is 25.3. The third kappa shape index (κ3) is 7.23. The fraction of sp³-hybridized carbons (Fsp3) is 0.581. The zero-order chi connectivity index (χ0) is 29.3. The topological polar surface area (TPSA) is 66.5 Å². The van der Waals surface area contributed by atoms with Gasteiger partial charge < -0.3 is 24.4 Å². The van der Waals surface area contributed by atoms with Gasteiger partial charge in [0, 0.05) is 63.4 Å². The van der Waals surface area contributed by atoms with Crippen LogP contribution in [0.25, 0.3) is 0 Å². The molecule has 4 saturated heterocycles. The van der Waals surface area contributed by atoms with Crippen molar-refractivity contribution in [2.75, 3.05) is 40.4 Å². The van der Waals surface area contributed by atoms with Gasteiger partial charge in [-0.05, 0) is 69.0 Å². The van der Waals surface area contributed by atoms with Crippen LogP contribution in [0.1, 0.15) is 44.7 Å². The first-order chi connectivity index (χ1) is 19.5. The first kappa shape index (κ1) is 30.2. The van der Waals surface area contributed by atoms with Gasteiger partial charge in [0.2, 0.25) is 0 Å². The number of piperazine rings is 2. The molecule has 0 radical (unpaired) electrons. The molecule has 4 atom stereocenters. The number of hydrogen-bond acceptors (Lipinski definition) is 7. The minimum Gasteiger partial charge on any atom is -0.495 e. The Morgan fingerprint density at radius 1 is 0.854 bits per heavy atom. The van der Waals surface area contributed by atoms with Gasteiger partial charge in [-0.2, -0.15) is 0 Å². The van der Waals surface area contributed by atoms with Gasteiger partial charge in [0.15, 0.2) is 0 Å². The lowest BCUT2D eigenvalue weighted by molar-refractivity contribution is 0.0124. The highest BCUT2D eigenvalue weighted by atomic mass is 35.5. The summed E-state index contributed by atoms with van der Waals surface area (Å²) in [6, 6.07) is 14.0. The standard InChI is InChI=1S/C18H25ClN2O3.C13H17ClN2O/c1-18(2,3)24-17(22)21-11-13-8-14(21)10-20(13)9-12-5-6-15(19)16(7-12)23-4;1-17-13-4-9(2-3-12(13)14)7-16-8-10-5-11(16)6-15-10/h5-7,13-14H,8-11H2,1-4H3;2-4,10-11,15H,5-8H2,1H3. The van der Waals surface area contributed by atoms with Crippen molar-refractivity contribution in [3.8, 4) is 11.5 Å². The quantitative estimate of drug-likeness (QED) is 0.471. The van der Waals surface area contributed by atoms with Crippen molar-refractivity contribution >= 4 is 29.3 Å². The van der Waals surface area contributed by atoms with Crippen LogP contribution in [0, 0.1) is 0 Å². The number of benzene rings is 2. The van der Waals surface area contributed by atoms with Crippen molar-refractivity contribution in [1.82, 2.24) is 20.0 Å². The number of hydrogen-bond donors (Lipinski definition) is 1. The molecule has 41 heavy (non-hydrogen) atoms. The minimum atomic E-state index is -0.446. The Balaban J connectivity index is 0.000000174. The average Bonchev–Trinajstić information content (AvgIpc) is 3.72. The van der Waals surface area contributed by atoms with Gasteiger partial charge in [-0.1, -0.05) is 35.3 Å². The van der Waals surface area contributed by atoms with E-state index in [4.69, 9.17) is 37.4 Å². The van der Waals surface area contributed by atoms with E-state index in [0.717, 1.165) is 51.4 Å². The Hall–Kier alpha value is -2.23. The van der Waals surface area contributed by atoms with Gasteiger partial charge in [-0.25, -0.2) is 4.79 Å². The number of carbonyl (C=O) groups excluding carboxylic acids is 1. The van der Waals surface area contributed by atoms with Crippen LogP contribution in [0.4, 0.5) is 4.79 Å². The van der Waals surface area contributed by atoms with Crippen LogP contribution >= 0.6 is 23.2 Å². The Labute approximate surface area is 253 Å². The number of nitrogens with one attached hydrogen (secondary N) is 1. The zero-order valence-corrected chi connectivity index (χ0v) is 26.2. The lowest BCUT2D eigenvalue weighted by Crippen LogP contribution is -2.49. The van der Waals surface area contributed by atoms with Crippen LogP contribution in [0.3, 0.4) is 0 Å². The molecule has 4 aliphatic rings. The van der Waals surface area contributed by atoms with Gasteiger partial charge >= 0.3 is 6.09 Å². The molecule has 1 amide bonds. The number of rotatable bonds is 6. The number of likely N-dealkylation sites (tertiary alicyclic amines) is 3. The predicted molar refractivity (Wildman–Crippen MR) is 162 cm³/mol. The maximum absolute atomic E-state index is 12.3. The molecule has 0 saturated carbocycles. The van der Waals surface area contributed by atoms with Gasteiger partial charge in [-0.15, -0.1) is 0 Å². The van der Waals surface area contributed by atoms with E-state index in [-0.39, 0.29) is 12.1 Å². The van der Waals surface area contributed by atoms with E-state index in [9.17, 15) is 4.79 Å². The summed E-state index contributed by atoms with van der Waals surface area (Å²) in [5.74, 6) is 1.47. The highest BCUT2D eigenvalue weighted by molar-refractivity contribution is 6.32. The summed E-state index contributed by atoms with van der Waals surface area (Å²) < 4.78 is 16.0. The number of nitrogens with zero attached hydrogens (tertiary/aromatic N) is 3. The molecule has 1 N–H and O–H groups in total. The Kier molecular flexibility index (Phi) is 9.26. The molecule has 6 rings (SSSR count). The number of carbonyl (C=O) groups is 1. The molecule has 8 nitrogen and oxygen atoms in total. The lowest BCUT2D eigenvalue weighted by Gasteiger charge is -2.35. The largest absolute Gasteiger partial charge is 0.495 e. The van der Waals surface area contributed by atoms with E-state index in [1.165, 1.54) is 17.5 Å². The summed E-state index contributed by atoms with van der Waals surface area (Å²) in [5, 5.41) is 4.82.